The highest BCUT2D eigenvalue weighted by atomic mass is 35.5. The number of hydrogen-bond acceptors (Lipinski definition) is 10. The quantitative estimate of drug-likeness (QED) is 0.147. The SMILES string of the molecule is O=[N+]([O-])c1ccc(N/N=C/c2sc(N3CCOCC3)nc2-c2ccccc2)c(S(=O)(=O)Nc2ccccc2Cl)c1. The molecule has 2 heterocycles. The minimum Gasteiger partial charge on any atom is -0.378 e. The molecule has 1 aliphatic rings. The number of ether oxygens (including phenoxy) is 1. The number of benzene rings is 3. The van der Waals surface area contributed by atoms with E-state index in [9.17, 15) is 18.5 Å². The molecular formula is C26H23ClN6O5S2. The van der Waals surface area contributed by atoms with Crippen molar-refractivity contribution in [3.63, 3.8) is 0 Å². The van der Waals surface area contributed by atoms with Crippen molar-refractivity contribution in [2.24, 2.45) is 5.10 Å². The Labute approximate surface area is 239 Å². The summed E-state index contributed by atoms with van der Waals surface area (Å²) in [5.74, 6) is 0. The molecule has 0 spiro atoms. The van der Waals surface area contributed by atoms with Crippen LogP contribution in [0.2, 0.25) is 5.02 Å². The van der Waals surface area contributed by atoms with Gasteiger partial charge in [-0.2, -0.15) is 5.10 Å². The molecule has 0 radical (unpaired) electrons. The lowest BCUT2D eigenvalue weighted by molar-refractivity contribution is -0.385. The van der Waals surface area contributed by atoms with Crippen LogP contribution in [0.15, 0.2) is 82.8 Å². The molecular weight excluding hydrogens is 576 g/mol. The van der Waals surface area contributed by atoms with Crippen molar-refractivity contribution in [1.82, 2.24) is 4.98 Å². The maximum absolute atomic E-state index is 13.3. The van der Waals surface area contributed by atoms with Gasteiger partial charge in [-0.3, -0.25) is 20.3 Å². The third-order valence-corrected chi connectivity index (χ3v) is 8.71. The van der Waals surface area contributed by atoms with Gasteiger partial charge >= 0.3 is 0 Å². The molecule has 0 amide bonds. The summed E-state index contributed by atoms with van der Waals surface area (Å²) in [4.78, 5) is 18.1. The molecule has 0 atom stereocenters. The highest BCUT2D eigenvalue weighted by Crippen LogP contribution is 2.33. The smallest absolute Gasteiger partial charge is 0.270 e. The van der Waals surface area contributed by atoms with Gasteiger partial charge in [0.05, 0.1) is 51.3 Å². The fourth-order valence-corrected chi connectivity index (χ4v) is 6.45. The van der Waals surface area contributed by atoms with Crippen LogP contribution in [0.4, 0.5) is 22.2 Å². The number of morpholine rings is 1. The van der Waals surface area contributed by atoms with Gasteiger partial charge in [-0.1, -0.05) is 65.4 Å². The highest BCUT2D eigenvalue weighted by molar-refractivity contribution is 7.93. The van der Waals surface area contributed by atoms with E-state index < -0.39 is 20.6 Å². The van der Waals surface area contributed by atoms with Gasteiger partial charge in [-0.25, -0.2) is 13.4 Å². The summed E-state index contributed by atoms with van der Waals surface area (Å²) >= 11 is 7.58. The number of para-hydroxylation sites is 1. The minimum atomic E-state index is -4.28. The molecule has 1 fully saturated rings. The van der Waals surface area contributed by atoms with Gasteiger partial charge in [0.25, 0.3) is 15.7 Å². The number of thiazole rings is 1. The van der Waals surface area contributed by atoms with Crippen molar-refractivity contribution in [2.45, 2.75) is 4.90 Å². The molecule has 2 N–H and O–H groups in total. The molecule has 0 saturated carbocycles. The molecule has 3 aromatic carbocycles. The number of nitrogens with zero attached hydrogens (tertiary/aromatic N) is 4. The van der Waals surface area contributed by atoms with Gasteiger partial charge in [0, 0.05) is 30.8 Å². The first-order valence-electron chi connectivity index (χ1n) is 12.1. The Morgan fingerprint density at radius 2 is 1.77 bits per heavy atom. The number of non-ortho nitro benzene ring substituents is 1. The molecule has 1 saturated heterocycles. The van der Waals surface area contributed by atoms with Crippen molar-refractivity contribution in [1.29, 1.82) is 0 Å². The summed E-state index contributed by atoms with van der Waals surface area (Å²) in [5, 5.41) is 16.7. The Hall–Kier alpha value is -4.04. The number of rotatable bonds is 9. The van der Waals surface area contributed by atoms with E-state index in [0.717, 1.165) is 40.4 Å². The predicted molar refractivity (Wildman–Crippen MR) is 157 cm³/mol. The molecule has 5 rings (SSSR count). The Balaban J connectivity index is 1.47. The summed E-state index contributed by atoms with van der Waals surface area (Å²) < 4.78 is 34.4. The highest BCUT2D eigenvalue weighted by Gasteiger charge is 2.24. The zero-order chi connectivity index (χ0) is 28.1. The monoisotopic (exact) mass is 598 g/mol. The van der Waals surface area contributed by atoms with Crippen LogP contribution in [0.25, 0.3) is 11.3 Å². The molecule has 0 unspecified atom stereocenters. The first-order valence-corrected chi connectivity index (χ1v) is 14.7. The predicted octanol–water partition coefficient (Wildman–Crippen LogP) is 5.46. The number of sulfonamides is 1. The van der Waals surface area contributed by atoms with E-state index in [4.69, 9.17) is 21.3 Å². The third-order valence-electron chi connectivity index (χ3n) is 5.92. The number of nitro groups is 1. The first-order chi connectivity index (χ1) is 19.3. The number of hydrazone groups is 1. The van der Waals surface area contributed by atoms with Crippen molar-refractivity contribution in [3.05, 3.63) is 92.8 Å². The topological polar surface area (TPSA) is 139 Å². The fourth-order valence-electron chi connectivity index (χ4n) is 3.94. The molecule has 0 bridgehead atoms. The van der Waals surface area contributed by atoms with Gasteiger partial charge < -0.3 is 9.64 Å². The maximum Gasteiger partial charge on any atom is 0.270 e. The molecule has 0 aliphatic carbocycles. The summed E-state index contributed by atoms with van der Waals surface area (Å²) in [5.41, 5.74) is 4.17. The molecule has 206 valence electrons. The molecule has 40 heavy (non-hydrogen) atoms. The summed E-state index contributed by atoms with van der Waals surface area (Å²) in [6.07, 6.45) is 1.56. The van der Waals surface area contributed by atoms with Gasteiger partial charge in [0.15, 0.2) is 5.13 Å². The first kappa shape index (κ1) is 27.5. The van der Waals surface area contributed by atoms with Crippen molar-refractivity contribution < 1.29 is 18.1 Å². The number of anilines is 3. The second kappa shape index (κ2) is 12.0. The molecule has 1 aliphatic heterocycles. The molecule has 4 aromatic rings. The minimum absolute atomic E-state index is 0.0422. The summed E-state index contributed by atoms with van der Waals surface area (Å²) in [6.45, 7) is 2.67. The van der Waals surface area contributed by atoms with Gasteiger partial charge in [-0.05, 0) is 18.2 Å². The van der Waals surface area contributed by atoms with E-state index in [1.807, 2.05) is 30.3 Å². The van der Waals surface area contributed by atoms with Gasteiger partial charge in [0.2, 0.25) is 0 Å². The standard InChI is InChI=1S/C26H23ClN6O5S2/c27-20-8-4-5-9-21(20)31-40(36,37)24-16-19(33(34)35)10-11-22(24)30-28-17-23-25(18-6-2-1-3-7-18)29-26(39-23)32-12-14-38-15-13-32/h1-11,16-17,30-31H,12-15H2/b28-17+. The Morgan fingerprint density at radius 1 is 1.05 bits per heavy atom. The second-order valence-corrected chi connectivity index (χ2v) is 11.6. The Bertz CT molecular complexity index is 1660. The molecule has 1 aromatic heterocycles. The lowest BCUT2D eigenvalue weighted by Gasteiger charge is -2.26. The van der Waals surface area contributed by atoms with Gasteiger partial charge in [0.1, 0.15) is 4.90 Å². The number of hydrogen-bond donors (Lipinski definition) is 2. The van der Waals surface area contributed by atoms with Crippen LogP contribution in [0.5, 0.6) is 0 Å². The van der Waals surface area contributed by atoms with Crippen LogP contribution in [0.3, 0.4) is 0 Å². The van der Waals surface area contributed by atoms with Crippen molar-refractivity contribution in [3.8, 4) is 11.3 Å². The normalized spacial score (nSPS) is 13.9. The average molecular weight is 599 g/mol. The van der Waals surface area contributed by atoms with E-state index in [0.29, 0.717) is 13.2 Å². The molecule has 14 heteroatoms. The lowest BCUT2D eigenvalue weighted by Crippen LogP contribution is -2.36. The molecule has 11 nitrogen and oxygen atoms in total. The fraction of sp³-hybridized carbons (Fsp3) is 0.154. The Morgan fingerprint density at radius 3 is 2.50 bits per heavy atom. The summed E-state index contributed by atoms with van der Waals surface area (Å²) in [7, 11) is -4.28. The van der Waals surface area contributed by atoms with Crippen LogP contribution < -0.4 is 15.0 Å². The zero-order valence-electron chi connectivity index (χ0n) is 20.9. The number of nitrogens with one attached hydrogen (secondary N) is 2. The van der Waals surface area contributed by atoms with Crippen LogP contribution in [0, 0.1) is 10.1 Å². The van der Waals surface area contributed by atoms with Crippen LogP contribution in [-0.4, -0.2) is 50.8 Å². The van der Waals surface area contributed by atoms with E-state index in [1.165, 1.54) is 35.6 Å². The number of nitro benzene ring substituents is 1. The number of aromatic nitrogens is 1. The average Bonchev–Trinajstić information content (AvgIpc) is 3.39. The summed E-state index contributed by atoms with van der Waals surface area (Å²) in [6, 6.07) is 19.4. The van der Waals surface area contributed by atoms with E-state index in [2.05, 4.69) is 20.1 Å². The van der Waals surface area contributed by atoms with E-state index in [1.54, 1.807) is 18.3 Å². The van der Waals surface area contributed by atoms with Crippen LogP contribution >= 0.6 is 22.9 Å². The maximum atomic E-state index is 13.3. The number of halogens is 1. The van der Waals surface area contributed by atoms with E-state index >= 15 is 0 Å². The van der Waals surface area contributed by atoms with E-state index in [-0.39, 0.29) is 21.3 Å². The largest absolute Gasteiger partial charge is 0.378 e. The van der Waals surface area contributed by atoms with Gasteiger partial charge in [-0.15, -0.1) is 0 Å². The lowest BCUT2D eigenvalue weighted by atomic mass is 10.1. The third kappa shape index (κ3) is 6.23. The van der Waals surface area contributed by atoms with Crippen molar-refractivity contribution in [2.75, 3.05) is 41.4 Å². The van der Waals surface area contributed by atoms with Crippen LogP contribution in [0.1, 0.15) is 4.88 Å². The van der Waals surface area contributed by atoms with Crippen LogP contribution in [-0.2, 0) is 14.8 Å². The Kier molecular flexibility index (Phi) is 8.26. The second-order valence-electron chi connectivity index (χ2n) is 8.57. The van der Waals surface area contributed by atoms with Crippen molar-refractivity contribution >= 4 is 61.4 Å². The zero-order valence-corrected chi connectivity index (χ0v) is 23.2.